The highest BCUT2D eigenvalue weighted by atomic mass is 32.2. The molecule has 0 saturated carbocycles. The Hall–Kier alpha value is -3.48. The predicted molar refractivity (Wildman–Crippen MR) is 107 cm³/mol. The van der Waals surface area contributed by atoms with Gasteiger partial charge in [0.25, 0.3) is 0 Å². The van der Waals surface area contributed by atoms with Gasteiger partial charge in [0.2, 0.25) is 5.96 Å². The van der Waals surface area contributed by atoms with Gasteiger partial charge in [0.1, 0.15) is 16.4 Å². The maximum Gasteiger partial charge on any atom is 0.573 e. The van der Waals surface area contributed by atoms with Crippen LogP contribution in [0.15, 0.2) is 57.6 Å². The number of hydrogen-bond donors (Lipinski definition) is 2. The van der Waals surface area contributed by atoms with Gasteiger partial charge in [0.15, 0.2) is 5.75 Å². The summed E-state index contributed by atoms with van der Waals surface area (Å²) in [7, 11) is -4.63. The lowest BCUT2D eigenvalue weighted by atomic mass is 10.2. The minimum atomic E-state index is -5.07. The van der Waals surface area contributed by atoms with Gasteiger partial charge >= 0.3 is 16.5 Å². The van der Waals surface area contributed by atoms with Gasteiger partial charge in [-0.25, -0.2) is 0 Å². The molecule has 4 N–H and O–H groups in total. The van der Waals surface area contributed by atoms with E-state index in [1.165, 1.54) is 30.5 Å². The van der Waals surface area contributed by atoms with Gasteiger partial charge in [-0.3, -0.25) is 0 Å². The van der Waals surface area contributed by atoms with E-state index in [4.69, 9.17) is 20.4 Å². The highest BCUT2D eigenvalue weighted by Gasteiger charge is 2.34. The molecule has 0 radical (unpaired) electrons. The third-order valence-corrected chi connectivity index (χ3v) is 4.63. The number of nitrogens with zero attached hydrogens (tertiary/aromatic N) is 2. The van der Waals surface area contributed by atoms with Gasteiger partial charge in [-0.2, -0.15) is 13.5 Å². The van der Waals surface area contributed by atoms with Crippen LogP contribution >= 0.6 is 0 Å². The van der Waals surface area contributed by atoms with Gasteiger partial charge in [-0.1, -0.05) is 12.1 Å². The van der Waals surface area contributed by atoms with Crippen molar-refractivity contribution in [1.29, 1.82) is 0 Å². The second kappa shape index (κ2) is 10.0. The first kappa shape index (κ1) is 23.8. The number of alkyl halides is 3. The number of ether oxygens (including phenoxy) is 2. The number of para-hydroxylation sites is 1. The Bertz CT molecular complexity index is 1070. The molecule has 0 heterocycles. The topological polar surface area (TPSA) is 139 Å². The zero-order valence-corrected chi connectivity index (χ0v) is 17.0. The van der Waals surface area contributed by atoms with Crippen LogP contribution in [0.5, 0.6) is 17.2 Å². The zero-order valence-electron chi connectivity index (χ0n) is 16.2. The van der Waals surface area contributed by atoms with Crippen molar-refractivity contribution >= 4 is 22.3 Å². The second-order valence-electron chi connectivity index (χ2n) is 5.97. The molecule has 0 amide bonds. The normalized spacial score (nSPS) is 11.9. The van der Waals surface area contributed by atoms with E-state index in [1.807, 2.05) is 0 Å². The van der Waals surface area contributed by atoms with Crippen molar-refractivity contribution in [3.63, 3.8) is 0 Å². The van der Waals surface area contributed by atoms with Crippen LogP contribution in [0, 0.1) is 6.92 Å². The Morgan fingerprint density at radius 2 is 1.81 bits per heavy atom. The molecule has 0 aromatic heterocycles. The molecule has 0 spiro atoms. The van der Waals surface area contributed by atoms with E-state index >= 15 is 0 Å². The van der Waals surface area contributed by atoms with Crippen LogP contribution in [0.4, 0.5) is 13.2 Å². The average Bonchev–Trinajstić information content (AvgIpc) is 2.62. The molecule has 31 heavy (non-hydrogen) atoms. The number of benzene rings is 2. The first-order valence-electron chi connectivity index (χ1n) is 8.60. The Labute approximate surface area is 176 Å². The number of nitrogens with two attached hydrogens (primary N) is 2. The third kappa shape index (κ3) is 8.04. The fourth-order valence-corrected chi connectivity index (χ4v) is 3.32. The Balaban J connectivity index is 2.16. The van der Waals surface area contributed by atoms with Crippen molar-refractivity contribution in [3.8, 4) is 17.2 Å². The minimum absolute atomic E-state index is 0.147. The Kier molecular flexibility index (Phi) is 7.69. The van der Waals surface area contributed by atoms with E-state index in [9.17, 15) is 21.6 Å². The SMILES string of the molecule is Cc1cc(OCC/C=N/N=C(N)N)cc(OS(=O)(=O)c2ccccc2OC(F)(F)F)c1. The molecular weight excluding hydrogens is 441 g/mol. The second-order valence-corrected chi connectivity index (χ2v) is 7.49. The molecule has 2 aromatic rings. The summed E-state index contributed by atoms with van der Waals surface area (Å²) < 4.78 is 77.1. The number of hydrogen-bond acceptors (Lipinski definition) is 7. The molecule has 9 nitrogen and oxygen atoms in total. The van der Waals surface area contributed by atoms with Crippen LogP contribution in [-0.4, -0.2) is 33.6 Å². The van der Waals surface area contributed by atoms with Crippen LogP contribution < -0.4 is 25.1 Å². The lowest BCUT2D eigenvalue weighted by Crippen LogP contribution is -2.21. The van der Waals surface area contributed by atoms with Crippen molar-refractivity contribution in [2.75, 3.05) is 6.61 Å². The summed E-state index contributed by atoms with van der Waals surface area (Å²) in [5.41, 5.74) is 10.8. The summed E-state index contributed by atoms with van der Waals surface area (Å²) in [5, 5.41) is 7.00. The molecule has 0 aliphatic heterocycles. The lowest BCUT2D eigenvalue weighted by molar-refractivity contribution is -0.275. The van der Waals surface area contributed by atoms with Gasteiger partial charge in [0.05, 0.1) is 6.61 Å². The minimum Gasteiger partial charge on any atom is -0.493 e. The van der Waals surface area contributed by atoms with Crippen molar-refractivity contribution in [1.82, 2.24) is 0 Å². The third-order valence-electron chi connectivity index (χ3n) is 3.35. The summed E-state index contributed by atoms with van der Waals surface area (Å²) in [6.07, 6.45) is -3.31. The van der Waals surface area contributed by atoms with E-state index in [0.29, 0.717) is 12.0 Å². The zero-order chi connectivity index (χ0) is 23.1. The maximum absolute atomic E-state index is 12.6. The standard InChI is InChI=1S/C18H19F3N4O5S/c1-12-9-13(28-8-4-7-24-25-17(22)23)11-14(10-12)30-31(26,27)16-6-3-2-5-15(16)29-18(19,20)21/h2-3,5-7,9-11H,4,8H2,1H3,(H4,22,23,25)/b24-7+. The van der Waals surface area contributed by atoms with Crippen LogP contribution in [0.2, 0.25) is 0 Å². The first-order chi connectivity index (χ1) is 14.5. The van der Waals surface area contributed by atoms with E-state index in [-0.39, 0.29) is 24.1 Å². The summed E-state index contributed by atoms with van der Waals surface area (Å²) in [5.74, 6) is -0.966. The van der Waals surface area contributed by atoms with Gasteiger partial charge in [-0.05, 0) is 36.8 Å². The molecule has 0 saturated heterocycles. The van der Waals surface area contributed by atoms with Crippen LogP contribution in [-0.2, 0) is 10.1 Å². The number of halogens is 3. The molecule has 0 atom stereocenters. The first-order valence-corrected chi connectivity index (χ1v) is 10.0. The van der Waals surface area contributed by atoms with Crippen molar-refractivity contribution in [3.05, 3.63) is 48.0 Å². The Morgan fingerprint density at radius 1 is 1.13 bits per heavy atom. The van der Waals surface area contributed by atoms with Crippen molar-refractivity contribution < 1.29 is 35.2 Å². The smallest absolute Gasteiger partial charge is 0.493 e. The largest absolute Gasteiger partial charge is 0.573 e. The monoisotopic (exact) mass is 460 g/mol. The van der Waals surface area contributed by atoms with Crippen molar-refractivity contribution in [2.45, 2.75) is 24.6 Å². The maximum atomic E-state index is 12.6. The Morgan fingerprint density at radius 3 is 2.48 bits per heavy atom. The number of aryl methyl sites for hydroxylation is 1. The van der Waals surface area contributed by atoms with E-state index in [0.717, 1.165) is 12.1 Å². The lowest BCUT2D eigenvalue weighted by Gasteiger charge is -2.14. The van der Waals surface area contributed by atoms with E-state index < -0.39 is 27.1 Å². The summed E-state index contributed by atoms with van der Waals surface area (Å²) in [6.45, 7) is 1.83. The molecule has 168 valence electrons. The van der Waals surface area contributed by atoms with Gasteiger partial charge in [0, 0.05) is 18.7 Å². The molecule has 0 aliphatic carbocycles. The number of rotatable bonds is 9. The molecule has 0 fully saturated rings. The van der Waals surface area contributed by atoms with Crippen LogP contribution in [0.3, 0.4) is 0 Å². The van der Waals surface area contributed by atoms with Gasteiger partial charge < -0.3 is 25.1 Å². The van der Waals surface area contributed by atoms with Crippen molar-refractivity contribution in [2.24, 2.45) is 21.7 Å². The van der Waals surface area contributed by atoms with Crippen LogP contribution in [0.1, 0.15) is 12.0 Å². The van der Waals surface area contributed by atoms with Crippen LogP contribution in [0.25, 0.3) is 0 Å². The summed E-state index contributed by atoms with van der Waals surface area (Å²) in [4.78, 5) is -0.771. The number of guanidine groups is 1. The van der Waals surface area contributed by atoms with E-state index in [2.05, 4.69) is 14.9 Å². The molecule has 2 rings (SSSR count). The molecule has 0 aliphatic rings. The molecular formula is C18H19F3N4O5S. The average molecular weight is 460 g/mol. The highest BCUT2D eigenvalue weighted by Crippen LogP contribution is 2.32. The molecule has 13 heteroatoms. The summed E-state index contributed by atoms with van der Waals surface area (Å²) in [6, 6.07) is 8.55. The molecule has 0 unspecified atom stereocenters. The fourth-order valence-electron chi connectivity index (χ4n) is 2.28. The highest BCUT2D eigenvalue weighted by molar-refractivity contribution is 7.87. The predicted octanol–water partition coefficient (Wildman–Crippen LogP) is 2.69. The van der Waals surface area contributed by atoms with Gasteiger partial charge in [-0.15, -0.1) is 18.3 Å². The quantitative estimate of drug-likeness (QED) is 0.193. The molecule has 0 bridgehead atoms. The summed E-state index contributed by atoms with van der Waals surface area (Å²) >= 11 is 0. The van der Waals surface area contributed by atoms with E-state index in [1.54, 1.807) is 13.0 Å². The fraction of sp³-hybridized carbons (Fsp3) is 0.222. The molecule has 2 aromatic carbocycles.